The molecule has 1 N–H and O–H groups in total. The van der Waals surface area contributed by atoms with E-state index < -0.39 is 11.0 Å². The van der Waals surface area contributed by atoms with Crippen molar-refractivity contribution >= 4 is 11.8 Å². The number of morpholine rings is 1. The number of carbonyl (C=O) groups is 2. The summed E-state index contributed by atoms with van der Waals surface area (Å²) in [5.41, 5.74) is -0.423. The molecule has 2 amide bonds. The van der Waals surface area contributed by atoms with Crippen LogP contribution in [0.3, 0.4) is 0 Å². The van der Waals surface area contributed by atoms with Gasteiger partial charge in [-0.2, -0.15) is 0 Å². The summed E-state index contributed by atoms with van der Waals surface area (Å²) in [6, 6.07) is 7.69. The standard InChI is InChI=1S/C18H24N2O4/c1-17(15(21)19-2)12-20(10-11-24-17)16(22)18(8-9-18)13-4-6-14(23-3)7-5-13/h4-7H,8-12H2,1-3H3,(H,19,21)/t17-/m0/s1. The number of ether oxygens (including phenoxy) is 2. The molecular formula is C18H24N2O4. The lowest BCUT2D eigenvalue weighted by atomic mass is 9.92. The Hall–Kier alpha value is -2.08. The molecule has 1 saturated carbocycles. The van der Waals surface area contributed by atoms with Crippen molar-refractivity contribution in [2.75, 3.05) is 33.9 Å². The third kappa shape index (κ3) is 2.75. The first-order valence-electron chi connectivity index (χ1n) is 8.25. The molecule has 1 aliphatic carbocycles. The fourth-order valence-corrected chi connectivity index (χ4v) is 3.41. The maximum absolute atomic E-state index is 13.1. The van der Waals surface area contributed by atoms with Gasteiger partial charge in [0, 0.05) is 13.6 Å². The zero-order valence-corrected chi connectivity index (χ0v) is 14.4. The van der Waals surface area contributed by atoms with Crippen LogP contribution in [0.25, 0.3) is 0 Å². The smallest absolute Gasteiger partial charge is 0.253 e. The first-order chi connectivity index (χ1) is 11.4. The number of carbonyl (C=O) groups excluding carboxylic acids is 2. The van der Waals surface area contributed by atoms with E-state index in [1.165, 1.54) is 0 Å². The van der Waals surface area contributed by atoms with Crippen molar-refractivity contribution in [2.24, 2.45) is 0 Å². The zero-order chi connectivity index (χ0) is 17.4. The first kappa shape index (κ1) is 16.8. The van der Waals surface area contributed by atoms with Crippen molar-refractivity contribution < 1.29 is 19.1 Å². The number of nitrogens with one attached hydrogen (secondary N) is 1. The Morgan fingerprint density at radius 3 is 2.46 bits per heavy atom. The predicted octanol–water partition coefficient (Wildman–Crippen LogP) is 1.09. The van der Waals surface area contributed by atoms with E-state index in [4.69, 9.17) is 9.47 Å². The van der Waals surface area contributed by atoms with E-state index in [0.29, 0.717) is 13.2 Å². The highest BCUT2D eigenvalue weighted by Gasteiger charge is 2.54. The number of nitrogens with zero attached hydrogens (tertiary/aromatic N) is 1. The summed E-state index contributed by atoms with van der Waals surface area (Å²) in [4.78, 5) is 27.0. The molecular weight excluding hydrogens is 308 g/mol. The summed E-state index contributed by atoms with van der Waals surface area (Å²) < 4.78 is 10.8. The normalized spacial score (nSPS) is 25.0. The summed E-state index contributed by atoms with van der Waals surface area (Å²) in [5, 5.41) is 2.62. The molecule has 1 saturated heterocycles. The quantitative estimate of drug-likeness (QED) is 0.896. The van der Waals surface area contributed by atoms with E-state index in [2.05, 4.69) is 5.32 Å². The van der Waals surface area contributed by atoms with Gasteiger partial charge in [-0.3, -0.25) is 9.59 Å². The molecule has 6 heteroatoms. The third-order valence-corrected chi connectivity index (χ3v) is 5.07. The molecule has 24 heavy (non-hydrogen) atoms. The van der Waals surface area contributed by atoms with Gasteiger partial charge in [0.05, 0.1) is 25.7 Å². The van der Waals surface area contributed by atoms with E-state index in [1.807, 2.05) is 24.3 Å². The highest BCUT2D eigenvalue weighted by atomic mass is 16.5. The van der Waals surface area contributed by atoms with Crippen molar-refractivity contribution in [3.05, 3.63) is 29.8 Å². The van der Waals surface area contributed by atoms with Gasteiger partial charge in [0.1, 0.15) is 5.75 Å². The second kappa shape index (κ2) is 6.09. The minimum absolute atomic E-state index is 0.0890. The molecule has 1 aliphatic heterocycles. The topological polar surface area (TPSA) is 67.9 Å². The fraction of sp³-hybridized carbons (Fsp3) is 0.556. The van der Waals surface area contributed by atoms with Gasteiger partial charge in [0.2, 0.25) is 5.91 Å². The summed E-state index contributed by atoms with van der Waals surface area (Å²) in [5.74, 6) is 0.668. The molecule has 1 aromatic rings. The van der Waals surface area contributed by atoms with Gasteiger partial charge in [0.15, 0.2) is 5.60 Å². The molecule has 2 fully saturated rings. The summed E-state index contributed by atoms with van der Waals surface area (Å²) in [7, 11) is 3.21. The van der Waals surface area contributed by atoms with Gasteiger partial charge < -0.3 is 19.7 Å². The number of rotatable bonds is 4. The Labute approximate surface area is 142 Å². The van der Waals surface area contributed by atoms with Crippen LogP contribution in [-0.4, -0.2) is 56.2 Å². The summed E-state index contributed by atoms with van der Waals surface area (Å²) in [6.45, 7) is 2.90. The van der Waals surface area contributed by atoms with E-state index in [9.17, 15) is 9.59 Å². The maximum Gasteiger partial charge on any atom is 0.253 e. The second-order valence-corrected chi connectivity index (χ2v) is 6.70. The van der Waals surface area contributed by atoms with Crippen LogP contribution in [0.1, 0.15) is 25.3 Å². The Morgan fingerprint density at radius 2 is 1.92 bits per heavy atom. The second-order valence-electron chi connectivity index (χ2n) is 6.70. The molecule has 3 rings (SSSR count). The van der Waals surface area contributed by atoms with Crippen LogP contribution in [-0.2, 0) is 19.7 Å². The molecule has 0 aromatic heterocycles. The predicted molar refractivity (Wildman–Crippen MR) is 88.9 cm³/mol. The van der Waals surface area contributed by atoms with Crippen LogP contribution in [0.15, 0.2) is 24.3 Å². The molecule has 130 valence electrons. The number of amides is 2. The zero-order valence-electron chi connectivity index (χ0n) is 14.4. The lowest BCUT2D eigenvalue weighted by Gasteiger charge is -2.40. The Balaban J connectivity index is 1.79. The third-order valence-electron chi connectivity index (χ3n) is 5.07. The van der Waals surface area contributed by atoms with E-state index in [0.717, 1.165) is 24.2 Å². The van der Waals surface area contributed by atoms with Gasteiger partial charge in [0.25, 0.3) is 5.91 Å². The molecule has 0 radical (unpaired) electrons. The van der Waals surface area contributed by atoms with Crippen LogP contribution in [0.4, 0.5) is 0 Å². The fourth-order valence-electron chi connectivity index (χ4n) is 3.41. The van der Waals surface area contributed by atoms with Crippen LogP contribution in [0.5, 0.6) is 5.75 Å². The lowest BCUT2D eigenvalue weighted by Crippen LogP contribution is -2.60. The van der Waals surface area contributed by atoms with Gasteiger partial charge in [-0.05, 0) is 37.5 Å². The summed E-state index contributed by atoms with van der Waals surface area (Å²) in [6.07, 6.45) is 1.68. The Bertz CT molecular complexity index is 639. The number of hydrogen-bond donors (Lipinski definition) is 1. The van der Waals surface area contributed by atoms with Crippen molar-refractivity contribution in [3.63, 3.8) is 0 Å². The van der Waals surface area contributed by atoms with Crippen LogP contribution < -0.4 is 10.1 Å². The SMILES string of the molecule is CNC(=O)[C@]1(C)CN(C(=O)C2(c3ccc(OC)cc3)CC2)CCO1. The molecule has 0 spiro atoms. The number of likely N-dealkylation sites (N-methyl/N-ethyl adjacent to an activating group) is 1. The first-order valence-corrected chi connectivity index (χ1v) is 8.25. The van der Waals surface area contributed by atoms with Crippen molar-refractivity contribution in [1.82, 2.24) is 10.2 Å². The number of hydrogen-bond acceptors (Lipinski definition) is 4. The largest absolute Gasteiger partial charge is 0.497 e. The van der Waals surface area contributed by atoms with Crippen LogP contribution >= 0.6 is 0 Å². The monoisotopic (exact) mass is 332 g/mol. The number of methoxy groups -OCH3 is 1. The molecule has 1 aromatic carbocycles. The minimum Gasteiger partial charge on any atom is -0.497 e. The van der Waals surface area contributed by atoms with Gasteiger partial charge >= 0.3 is 0 Å². The van der Waals surface area contributed by atoms with E-state index in [1.54, 1.807) is 26.0 Å². The van der Waals surface area contributed by atoms with Crippen molar-refractivity contribution in [3.8, 4) is 5.75 Å². The molecule has 0 unspecified atom stereocenters. The van der Waals surface area contributed by atoms with Gasteiger partial charge in [-0.25, -0.2) is 0 Å². The van der Waals surface area contributed by atoms with Crippen molar-refractivity contribution in [2.45, 2.75) is 30.8 Å². The molecule has 2 aliphatic rings. The molecule has 1 heterocycles. The van der Waals surface area contributed by atoms with Gasteiger partial charge in [-0.15, -0.1) is 0 Å². The van der Waals surface area contributed by atoms with Crippen molar-refractivity contribution in [1.29, 1.82) is 0 Å². The van der Waals surface area contributed by atoms with E-state index in [-0.39, 0.29) is 18.4 Å². The average Bonchev–Trinajstić information content (AvgIpc) is 3.42. The Morgan fingerprint density at radius 1 is 1.25 bits per heavy atom. The Kier molecular flexibility index (Phi) is 4.25. The van der Waals surface area contributed by atoms with E-state index >= 15 is 0 Å². The summed E-state index contributed by atoms with van der Waals surface area (Å²) >= 11 is 0. The molecule has 6 nitrogen and oxygen atoms in total. The highest BCUT2D eigenvalue weighted by molar-refractivity contribution is 5.92. The van der Waals surface area contributed by atoms with Crippen LogP contribution in [0, 0.1) is 0 Å². The molecule has 0 bridgehead atoms. The number of benzene rings is 1. The molecule has 1 atom stereocenters. The van der Waals surface area contributed by atoms with Crippen LogP contribution in [0.2, 0.25) is 0 Å². The van der Waals surface area contributed by atoms with Gasteiger partial charge in [-0.1, -0.05) is 12.1 Å². The highest BCUT2D eigenvalue weighted by Crippen LogP contribution is 2.50. The average molecular weight is 332 g/mol. The lowest BCUT2D eigenvalue weighted by molar-refractivity contribution is -0.163. The minimum atomic E-state index is -0.987. The maximum atomic E-state index is 13.1.